The molecule has 0 unspecified atom stereocenters. The molecule has 0 bridgehead atoms. The zero-order valence-corrected chi connectivity index (χ0v) is 15.5. The van der Waals surface area contributed by atoms with Gasteiger partial charge in [0.15, 0.2) is 0 Å². The van der Waals surface area contributed by atoms with Crippen molar-refractivity contribution in [3.05, 3.63) is 53.7 Å². The van der Waals surface area contributed by atoms with Gasteiger partial charge in [0.05, 0.1) is 12.6 Å². The first kappa shape index (κ1) is 18.4. The molecule has 0 aliphatic heterocycles. The van der Waals surface area contributed by atoms with Crippen molar-refractivity contribution >= 4 is 55.0 Å². The number of hydrogen-bond donors (Lipinski definition) is 0. The Morgan fingerprint density at radius 1 is 1.12 bits per heavy atom. The molecule has 0 N–H and O–H groups in total. The average Bonchev–Trinajstić information content (AvgIpc) is 2.61. The van der Waals surface area contributed by atoms with Gasteiger partial charge in [-0.3, -0.25) is 9.17 Å². The van der Waals surface area contributed by atoms with E-state index in [1.807, 2.05) is 43.4 Å². The number of pyridine rings is 1. The Bertz CT molecular complexity index is 1230. The van der Waals surface area contributed by atoms with Crippen molar-refractivity contribution in [2.45, 2.75) is 0 Å². The van der Waals surface area contributed by atoms with Gasteiger partial charge in [-0.2, -0.15) is 4.57 Å². The zero-order valence-electron chi connectivity index (χ0n) is 13.9. The molecule has 0 saturated carbocycles. The van der Waals surface area contributed by atoms with Gasteiger partial charge >= 0.3 is 0 Å². The fourth-order valence-corrected chi connectivity index (χ4v) is 2.80. The molecule has 0 radical (unpaired) electrons. The Kier molecular flexibility index (Phi) is 5.01. The second-order valence-electron chi connectivity index (χ2n) is 5.38. The van der Waals surface area contributed by atoms with Crippen LogP contribution in [0.5, 0.6) is 0 Å². The largest absolute Gasteiger partial charge is 0.726 e. The maximum Gasteiger partial charge on any atom is 0.232 e. The number of rotatable bonds is 1. The van der Waals surface area contributed by atoms with Gasteiger partial charge in [-0.1, -0.05) is 11.6 Å². The van der Waals surface area contributed by atoms with Crippen LogP contribution >= 0.6 is 11.6 Å². The third kappa shape index (κ3) is 3.73. The summed E-state index contributed by atoms with van der Waals surface area (Å²) in [4.78, 5) is 9.17. The van der Waals surface area contributed by atoms with Crippen molar-refractivity contribution in [2.24, 2.45) is 7.05 Å². The summed E-state index contributed by atoms with van der Waals surface area (Å²) in [6.45, 7) is 0. The molecule has 4 aromatic rings. The van der Waals surface area contributed by atoms with Gasteiger partial charge in [-0.25, -0.2) is 13.4 Å². The van der Waals surface area contributed by atoms with Crippen molar-refractivity contribution in [1.29, 1.82) is 0 Å². The Balaban J connectivity index is 0.000000286. The Morgan fingerprint density at radius 3 is 2.50 bits per heavy atom. The highest BCUT2D eigenvalue weighted by Crippen LogP contribution is 2.23. The van der Waals surface area contributed by atoms with Crippen molar-refractivity contribution in [1.82, 2.24) is 9.97 Å². The zero-order chi connectivity index (χ0) is 18.9. The molecule has 0 aliphatic rings. The number of fused-ring (bicyclic) bond motifs is 4. The monoisotopic (exact) mass is 391 g/mol. The van der Waals surface area contributed by atoms with E-state index < -0.39 is 10.4 Å². The summed E-state index contributed by atoms with van der Waals surface area (Å²) in [5, 5.41) is 1.75. The molecule has 0 spiro atoms. The van der Waals surface area contributed by atoms with E-state index in [2.05, 4.69) is 19.8 Å². The van der Waals surface area contributed by atoms with Gasteiger partial charge in [-0.05, 0) is 30.3 Å². The number of hydrogen-bond acceptors (Lipinski definition) is 6. The lowest BCUT2D eigenvalue weighted by Crippen LogP contribution is -2.30. The topological polar surface area (TPSA) is 96.1 Å². The lowest BCUT2D eigenvalue weighted by atomic mass is 10.1. The minimum absolute atomic E-state index is 0.697. The fourth-order valence-electron chi connectivity index (χ4n) is 2.63. The number of halogens is 1. The highest BCUT2D eigenvalue weighted by molar-refractivity contribution is 7.80. The molecule has 0 amide bonds. The first-order valence-electron chi connectivity index (χ1n) is 7.44. The molecule has 9 heteroatoms. The van der Waals surface area contributed by atoms with Crippen LogP contribution in [0.4, 0.5) is 0 Å². The van der Waals surface area contributed by atoms with Crippen LogP contribution in [0.1, 0.15) is 0 Å². The first-order chi connectivity index (χ1) is 12.3. The van der Waals surface area contributed by atoms with Gasteiger partial charge in [0.1, 0.15) is 18.1 Å². The van der Waals surface area contributed by atoms with Crippen LogP contribution in [0.2, 0.25) is 5.02 Å². The summed E-state index contributed by atoms with van der Waals surface area (Å²) in [5.41, 5.74) is 4.94. The molecular formula is C17H14ClN3O4S. The predicted molar refractivity (Wildman–Crippen MR) is 97.4 cm³/mol. The predicted octanol–water partition coefficient (Wildman–Crippen LogP) is 2.51. The Labute approximate surface area is 154 Å². The van der Waals surface area contributed by atoms with E-state index >= 15 is 0 Å². The molecule has 2 heterocycles. The molecule has 0 saturated heterocycles. The van der Waals surface area contributed by atoms with Crippen molar-refractivity contribution < 1.29 is 21.7 Å². The normalized spacial score (nSPS) is 11.5. The van der Waals surface area contributed by atoms with E-state index in [-0.39, 0.29) is 0 Å². The van der Waals surface area contributed by atoms with E-state index in [0.717, 1.165) is 40.1 Å². The SMILES string of the molecule is COS(=O)(=O)[O-].C[n+]1c2ccc(Cl)cc2nc2c3cccnc3ccc21. The van der Waals surface area contributed by atoms with Crippen LogP contribution in [0.25, 0.3) is 33.0 Å². The summed E-state index contributed by atoms with van der Waals surface area (Å²) < 4.78 is 33.2. The van der Waals surface area contributed by atoms with Gasteiger partial charge in [0.25, 0.3) is 0 Å². The molecule has 2 aromatic heterocycles. The molecule has 134 valence electrons. The minimum atomic E-state index is -4.41. The molecular weight excluding hydrogens is 378 g/mol. The van der Waals surface area contributed by atoms with Crippen LogP contribution in [-0.2, 0) is 21.6 Å². The second-order valence-corrected chi connectivity index (χ2v) is 6.97. The van der Waals surface area contributed by atoms with E-state index in [1.165, 1.54) is 0 Å². The number of aromatic nitrogens is 3. The quantitative estimate of drug-likeness (QED) is 0.163. The van der Waals surface area contributed by atoms with Crippen molar-refractivity contribution in [3.8, 4) is 0 Å². The third-order valence-electron chi connectivity index (χ3n) is 3.83. The Morgan fingerprint density at radius 2 is 1.81 bits per heavy atom. The van der Waals surface area contributed by atoms with Gasteiger partial charge in [0, 0.05) is 28.7 Å². The summed E-state index contributed by atoms with van der Waals surface area (Å²) >= 11 is 6.08. The van der Waals surface area contributed by atoms with Crippen LogP contribution in [0.3, 0.4) is 0 Å². The highest BCUT2D eigenvalue weighted by Gasteiger charge is 2.15. The molecule has 0 fully saturated rings. The van der Waals surface area contributed by atoms with Gasteiger partial charge in [0.2, 0.25) is 21.4 Å². The highest BCUT2D eigenvalue weighted by atomic mass is 35.5. The molecule has 0 aliphatic carbocycles. The van der Waals surface area contributed by atoms with Gasteiger partial charge in [-0.15, -0.1) is 0 Å². The Hall–Kier alpha value is -2.39. The summed E-state index contributed by atoms with van der Waals surface area (Å²) in [6, 6.07) is 13.9. The number of nitrogens with zero attached hydrogens (tertiary/aromatic N) is 3. The fraction of sp³-hybridized carbons (Fsp3) is 0.118. The minimum Gasteiger partial charge on any atom is -0.726 e. The third-order valence-corrected chi connectivity index (χ3v) is 4.48. The van der Waals surface area contributed by atoms with E-state index in [4.69, 9.17) is 16.6 Å². The van der Waals surface area contributed by atoms with E-state index in [0.29, 0.717) is 5.02 Å². The lowest BCUT2D eigenvalue weighted by molar-refractivity contribution is -0.617. The van der Waals surface area contributed by atoms with Crippen LogP contribution in [0, 0.1) is 0 Å². The second kappa shape index (κ2) is 7.08. The first-order valence-corrected chi connectivity index (χ1v) is 9.15. The summed E-state index contributed by atoms with van der Waals surface area (Å²) in [6.07, 6.45) is 1.80. The van der Waals surface area contributed by atoms with Gasteiger partial charge < -0.3 is 4.55 Å². The standard InChI is InChI=1S/C16H11ClN3.CH4O4S/c1-20-14-6-4-10(17)9-13(14)19-16-11-3-2-8-18-12(11)5-7-15(16)20;1-5-6(2,3)4/h2-9H,1H3;1H3,(H,2,3,4)/q+1;/p-1. The number of aryl methyl sites for hydroxylation is 1. The lowest BCUT2D eigenvalue weighted by Gasteiger charge is -2.04. The summed E-state index contributed by atoms with van der Waals surface area (Å²) in [7, 11) is -1.56. The molecule has 4 rings (SSSR count). The van der Waals surface area contributed by atoms with Crippen molar-refractivity contribution in [3.63, 3.8) is 0 Å². The van der Waals surface area contributed by atoms with E-state index in [9.17, 15) is 13.0 Å². The van der Waals surface area contributed by atoms with Crippen LogP contribution in [-0.4, -0.2) is 30.0 Å². The van der Waals surface area contributed by atoms with Crippen LogP contribution in [0.15, 0.2) is 48.7 Å². The van der Waals surface area contributed by atoms with E-state index in [1.54, 1.807) is 6.20 Å². The molecule has 26 heavy (non-hydrogen) atoms. The smallest absolute Gasteiger partial charge is 0.232 e. The average molecular weight is 392 g/mol. The van der Waals surface area contributed by atoms with Crippen LogP contribution < -0.4 is 4.57 Å². The maximum atomic E-state index is 9.22. The molecule has 0 atom stereocenters. The maximum absolute atomic E-state index is 9.22. The number of benzene rings is 2. The summed E-state index contributed by atoms with van der Waals surface area (Å²) in [5.74, 6) is 0. The van der Waals surface area contributed by atoms with Crippen molar-refractivity contribution in [2.75, 3.05) is 7.11 Å². The molecule has 2 aromatic carbocycles. The molecule has 7 nitrogen and oxygen atoms in total.